The number of hydrogen-bond acceptors (Lipinski definition) is 3. The number of piperidine rings is 1. The lowest BCUT2D eigenvalue weighted by Crippen LogP contribution is -2.27. The Morgan fingerprint density at radius 3 is 2.65 bits per heavy atom. The molecule has 0 radical (unpaired) electrons. The molecule has 0 unspecified atom stereocenters. The van der Waals surface area contributed by atoms with Crippen molar-refractivity contribution in [1.82, 2.24) is 5.32 Å². The molecule has 1 saturated heterocycles. The van der Waals surface area contributed by atoms with Crippen LogP contribution in [0, 0.1) is 0 Å². The monoisotopic (exact) mass is 235 g/mol. The molecule has 0 spiro atoms. The first kappa shape index (κ1) is 12.4. The Bertz CT molecular complexity index is 359. The summed E-state index contributed by atoms with van der Waals surface area (Å²) in [5, 5.41) is 3.40. The van der Waals surface area contributed by atoms with Crippen LogP contribution >= 0.6 is 0 Å². The second-order valence-electron chi connectivity index (χ2n) is 4.52. The summed E-state index contributed by atoms with van der Waals surface area (Å²) in [6.45, 7) is 2.89. The summed E-state index contributed by atoms with van der Waals surface area (Å²) in [7, 11) is 3.45. The van der Waals surface area contributed by atoms with Gasteiger partial charge < -0.3 is 14.8 Å². The van der Waals surface area contributed by atoms with Gasteiger partial charge in [0.15, 0.2) is 0 Å². The van der Waals surface area contributed by atoms with Crippen molar-refractivity contribution in [2.45, 2.75) is 25.4 Å². The van der Waals surface area contributed by atoms with Crippen molar-refractivity contribution in [3.05, 3.63) is 29.3 Å². The molecule has 1 aromatic rings. The summed E-state index contributed by atoms with van der Waals surface area (Å²) in [6, 6.07) is 6.35. The first-order valence-corrected chi connectivity index (χ1v) is 6.21. The minimum absolute atomic E-state index is 0.660. The lowest BCUT2D eigenvalue weighted by atomic mass is 9.87. The molecule has 0 aromatic heterocycles. The van der Waals surface area contributed by atoms with Crippen molar-refractivity contribution >= 4 is 0 Å². The number of hydrogen-bond donors (Lipinski definition) is 1. The molecular formula is C14H21NO2. The average Bonchev–Trinajstić information content (AvgIpc) is 2.40. The predicted octanol–water partition coefficient (Wildman–Crippen LogP) is 2.31. The Hall–Kier alpha value is -1.06. The van der Waals surface area contributed by atoms with Crippen LogP contribution in [0.1, 0.15) is 29.9 Å². The van der Waals surface area contributed by atoms with Gasteiger partial charge in [-0.15, -0.1) is 0 Å². The summed E-state index contributed by atoms with van der Waals surface area (Å²) in [6.07, 6.45) is 2.42. The molecule has 2 rings (SSSR count). The van der Waals surface area contributed by atoms with E-state index in [-0.39, 0.29) is 0 Å². The predicted molar refractivity (Wildman–Crippen MR) is 68.6 cm³/mol. The van der Waals surface area contributed by atoms with E-state index in [2.05, 4.69) is 23.5 Å². The maximum Gasteiger partial charge on any atom is 0.119 e. The lowest BCUT2D eigenvalue weighted by molar-refractivity contribution is 0.183. The van der Waals surface area contributed by atoms with Crippen LogP contribution in [0.5, 0.6) is 5.75 Å². The van der Waals surface area contributed by atoms with Gasteiger partial charge in [0.25, 0.3) is 0 Å². The maximum atomic E-state index is 5.29. The molecule has 3 nitrogen and oxygen atoms in total. The van der Waals surface area contributed by atoms with E-state index in [9.17, 15) is 0 Å². The fourth-order valence-corrected chi connectivity index (χ4v) is 2.52. The minimum Gasteiger partial charge on any atom is -0.497 e. The molecule has 1 heterocycles. The Kier molecular flexibility index (Phi) is 4.40. The maximum absolute atomic E-state index is 5.29. The summed E-state index contributed by atoms with van der Waals surface area (Å²) < 4.78 is 10.6. The summed E-state index contributed by atoms with van der Waals surface area (Å²) in [5.74, 6) is 1.57. The number of nitrogens with one attached hydrogen (secondary N) is 1. The molecule has 3 heteroatoms. The molecule has 0 amide bonds. The van der Waals surface area contributed by atoms with Crippen LogP contribution in [0.2, 0.25) is 0 Å². The van der Waals surface area contributed by atoms with E-state index in [1.54, 1.807) is 14.2 Å². The Morgan fingerprint density at radius 2 is 2.00 bits per heavy atom. The second kappa shape index (κ2) is 6.03. The highest BCUT2D eigenvalue weighted by atomic mass is 16.5. The number of rotatable bonds is 4. The van der Waals surface area contributed by atoms with Gasteiger partial charge in [-0.1, -0.05) is 6.07 Å². The van der Waals surface area contributed by atoms with Crippen LogP contribution in [0.15, 0.2) is 18.2 Å². The molecule has 0 bridgehead atoms. The smallest absolute Gasteiger partial charge is 0.119 e. The average molecular weight is 235 g/mol. The summed E-state index contributed by atoms with van der Waals surface area (Å²) in [4.78, 5) is 0. The van der Waals surface area contributed by atoms with E-state index in [0.29, 0.717) is 12.5 Å². The van der Waals surface area contributed by atoms with E-state index < -0.39 is 0 Å². The van der Waals surface area contributed by atoms with Gasteiger partial charge in [-0.3, -0.25) is 0 Å². The lowest BCUT2D eigenvalue weighted by Gasteiger charge is -2.25. The van der Waals surface area contributed by atoms with Crippen molar-refractivity contribution in [1.29, 1.82) is 0 Å². The highest BCUT2D eigenvalue weighted by Crippen LogP contribution is 2.30. The summed E-state index contributed by atoms with van der Waals surface area (Å²) >= 11 is 0. The third kappa shape index (κ3) is 2.99. The van der Waals surface area contributed by atoms with E-state index in [1.165, 1.54) is 24.0 Å². The van der Waals surface area contributed by atoms with Gasteiger partial charge in [0.1, 0.15) is 5.75 Å². The molecule has 1 N–H and O–H groups in total. The zero-order valence-corrected chi connectivity index (χ0v) is 10.7. The van der Waals surface area contributed by atoms with Crippen molar-refractivity contribution in [3.63, 3.8) is 0 Å². The molecule has 0 aliphatic carbocycles. The normalized spacial score (nSPS) is 17.1. The van der Waals surface area contributed by atoms with Crippen molar-refractivity contribution in [3.8, 4) is 5.75 Å². The largest absolute Gasteiger partial charge is 0.497 e. The van der Waals surface area contributed by atoms with Crippen molar-refractivity contribution in [2.75, 3.05) is 27.3 Å². The molecule has 94 valence electrons. The topological polar surface area (TPSA) is 30.5 Å². The van der Waals surface area contributed by atoms with Crippen LogP contribution in [0.4, 0.5) is 0 Å². The van der Waals surface area contributed by atoms with Crippen LogP contribution in [0.3, 0.4) is 0 Å². The second-order valence-corrected chi connectivity index (χ2v) is 4.52. The zero-order valence-electron chi connectivity index (χ0n) is 10.7. The molecule has 0 atom stereocenters. The first-order chi connectivity index (χ1) is 8.35. The number of methoxy groups -OCH3 is 2. The molecule has 1 aromatic carbocycles. The highest BCUT2D eigenvalue weighted by molar-refractivity contribution is 5.37. The van der Waals surface area contributed by atoms with Gasteiger partial charge in [0.2, 0.25) is 0 Å². The van der Waals surface area contributed by atoms with E-state index in [0.717, 1.165) is 18.8 Å². The van der Waals surface area contributed by atoms with Crippen LogP contribution in [0.25, 0.3) is 0 Å². The van der Waals surface area contributed by atoms with E-state index >= 15 is 0 Å². The molecule has 1 aliphatic heterocycles. The molecule has 17 heavy (non-hydrogen) atoms. The fraction of sp³-hybridized carbons (Fsp3) is 0.571. The Labute approximate surface area is 103 Å². The van der Waals surface area contributed by atoms with Gasteiger partial charge in [-0.25, -0.2) is 0 Å². The van der Waals surface area contributed by atoms with Gasteiger partial charge in [0, 0.05) is 7.11 Å². The van der Waals surface area contributed by atoms with Crippen LogP contribution in [-0.4, -0.2) is 27.3 Å². The van der Waals surface area contributed by atoms with Gasteiger partial charge in [-0.2, -0.15) is 0 Å². The van der Waals surface area contributed by atoms with Gasteiger partial charge in [0.05, 0.1) is 13.7 Å². The van der Waals surface area contributed by atoms with Crippen LogP contribution < -0.4 is 10.1 Å². The van der Waals surface area contributed by atoms with E-state index in [4.69, 9.17) is 9.47 Å². The molecular weight excluding hydrogens is 214 g/mol. The van der Waals surface area contributed by atoms with Crippen molar-refractivity contribution in [2.24, 2.45) is 0 Å². The van der Waals surface area contributed by atoms with Crippen LogP contribution in [-0.2, 0) is 11.3 Å². The third-order valence-electron chi connectivity index (χ3n) is 3.43. The number of ether oxygens (including phenoxy) is 2. The number of benzene rings is 1. The molecule has 1 fully saturated rings. The first-order valence-electron chi connectivity index (χ1n) is 6.21. The fourth-order valence-electron chi connectivity index (χ4n) is 2.52. The third-order valence-corrected chi connectivity index (χ3v) is 3.43. The highest BCUT2D eigenvalue weighted by Gasteiger charge is 2.18. The van der Waals surface area contributed by atoms with Gasteiger partial charge in [-0.05, 0) is 55.1 Å². The zero-order chi connectivity index (χ0) is 12.1. The standard InChI is InChI=1S/C14H21NO2/c1-16-10-12-9-13(17-2)3-4-14(12)11-5-7-15-8-6-11/h3-4,9,11,15H,5-8,10H2,1-2H3. The Balaban J connectivity index is 2.24. The minimum atomic E-state index is 0.660. The van der Waals surface area contributed by atoms with Gasteiger partial charge >= 0.3 is 0 Å². The quantitative estimate of drug-likeness (QED) is 0.868. The van der Waals surface area contributed by atoms with E-state index in [1.807, 2.05) is 0 Å². The summed E-state index contributed by atoms with van der Waals surface area (Å²) in [5.41, 5.74) is 2.69. The Morgan fingerprint density at radius 1 is 1.24 bits per heavy atom. The molecule has 0 saturated carbocycles. The SMILES string of the molecule is COCc1cc(OC)ccc1C1CCNCC1. The van der Waals surface area contributed by atoms with Crippen molar-refractivity contribution < 1.29 is 9.47 Å². The molecule has 1 aliphatic rings.